The topological polar surface area (TPSA) is 137 Å². The summed E-state index contributed by atoms with van der Waals surface area (Å²) in [4.78, 5) is 38.5. The molecule has 4 N–H and O–H groups in total. The van der Waals surface area contributed by atoms with E-state index in [1.807, 2.05) is 44.2 Å². The average Bonchev–Trinajstić information content (AvgIpc) is 3.68. The lowest BCUT2D eigenvalue weighted by molar-refractivity contribution is -0.133. The van der Waals surface area contributed by atoms with Gasteiger partial charge in [-0.3, -0.25) is 14.4 Å². The van der Waals surface area contributed by atoms with E-state index in [9.17, 15) is 24.6 Å². The highest BCUT2D eigenvalue weighted by molar-refractivity contribution is 6.00. The van der Waals surface area contributed by atoms with E-state index < -0.39 is 48.5 Å². The second kappa shape index (κ2) is 12.6. The van der Waals surface area contributed by atoms with Crippen LogP contribution in [0.5, 0.6) is 5.75 Å². The number of nitrogens with one attached hydrogen (secondary N) is 2. The van der Waals surface area contributed by atoms with Gasteiger partial charge >= 0.3 is 0 Å². The number of aliphatic hydroxyl groups is 2. The van der Waals surface area contributed by atoms with Crippen LogP contribution >= 0.6 is 0 Å². The van der Waals surface area contributed by atoms with Gasteiger partial charge in [-0.05, 0) is 36.1 Å². The normalized spacial score (nSPS) is 18.2. The smallest absolute Gasteiger partial charge is 0.252 e. The van der Waals surface area contributed by atoms with Crippen molar-refractivity contribution in [2.24, 2.45) is 5.92 Å². The average molecular weight is 499 g/mol. The van der Waals surface area contributed by atoms with Crippen molar-refractivity contribution in [1.29, 1.82) is 0 Å². The van der Waals surface area contributed by atoms with Crippen molar-refractivity contribution in [2.45, 2.75) is 44.4 Å². The second-order valence-electron chi connectivity index (χ2n) is 9.32. The lowest BCUT2D eigenvalue weighted by atomic mass is 9.92. The van der Waals surface area contributed by atoms with E-state index in [-0.39, 0.29) is 18.1 Å². The molecule has 0 saturated carbocycles. The molecule has 3 rings (SSSR count). The van der Waals surface area contributed by atoms with Crippen molar-refractivity contribution in [2.75, 3.05) is 26.4 Å². The van der Waals surface area contributed by atoms with E-state index in [0.29, 0.717) is 25.2 Å². The minimum Gasteiger partial charge on any atom is -0.493 e. The Hall–Kier alpha value is -3.27. The summed E-state index contributed by atoms with van der Waals surface area (Å²) in [5, 5.41) is 24.4. The number of ether oxygens (including phenoxy) is 2. The maximum atomic E-state index is 12.9. The van der Waals surface area contributed by atoms with E-state index >= 15 is 0 Å². The first-order valence-electron chi connectivity index (χ1n) is 12.1. The number of ketones is 1. The van der Waals surface area contributed by atoms with Gasteiger partial charge in [-0.1, -0.05) is 50.2 Å². The van der Waals surface area contributed by atoms with Crippen LogP contribution < -0.4 is 15.4 Å². The van der Waals surface area contributed by atoms with E-state index in [1.54, 1.807) is 24.3 Å². The minimum absolute atomic E-state index is 0.0699. The Morgan fingerprint density at radius 1 is 1.03 bits per heavy atom. The molecule has 2 amide bonds. The molecule has 1 aliphatic heterocycles. The summed E-state index contributed by atoms with van der Waals surface area (Å²) in [6, 6.07) is 14.2. The predicted octanol–water partition coefficient (Wildman–Crippen LogP) is 1.26. The number of Topliss-reactive ketones (excluding diaryl/α,β-unsaturated/α-hetero) is 1. The zero-order chi connectivity index (χ0) is 26.1. The first kappa shape index (κ1) is 27.3. The summed E-state index contributed by atoms with van der Waals surface area (Å²) in [5.74, 6) is -1.11. The Morgan fingerprint density at radius 2 is 1.75 bits per heavy atom. The van der Waals surface area contributed by atoms with Gasteiger partial charge < -0.3 is 30.3 Å². The van der Waals surface area contributed by atoms with Crippen LogP contribution in [-0.2, 0) is 20.7 Å². The molecule has 1 fully saturated rings. The molecule has 0 radical (unpaired) electrons. The molecule has 3 atom stereocenters. The Balaban J connectivity index is 1.59. The number of hydrogen-bond acceptors (Lipinski definition) is 7. The van der Waals surface area contributed by atoms with Crippen molar-refractivity contribution < 1.29 is 34.1 Å². The molecule has 9 nitrogen and oxygen atoms in total. The summed E-state index contributed by atoms with van der Waals surface area (Å²) in [5.41, 5.74) is 0.112. The molecule has 0 bridgehead atoms. The molecule has 36 heavy (non-hydrogen) atoms. The Labute approximate surface area is 210 Å². The first-order valence-corrected chi connectivity index (χ1v) is 12.1. The molecule has 2 aromatic rings. The van der Waals surface area contributed by atoms with Crippen LogP contribution in [0.4, 0.5) is 0 Å². The fourth-order valence-corrected chi connectivity index (χ4v) is 3.79. The van der Waals surface area contributed by atoms with E-state index in [4.69, 9.17) is 9.47 Å². The number of rotatable bonds is 14. The van der Waals surface area contributed by atoms with Gasteiger partial charge in [-0.25, -0.2) is 0 Å². The summed E-state index contributed by atoms with van der Waals surface area (Å²) in [6.07, 6.45) is 1.03. The molecule has 0 aromatic heterocycles. The highest BCUT2D eigenvalue weighted by atomic mass is 16.6. The second-order valence-corrected chi connectivity index (χ2v) is 9.32. The van der Waals surface area contributed by atoms with E-state index in [1.165, 1.54) is 0 Å². The highest BCUT2D eigenvalue weighted by Gasteiger charge is 2.54. The molecule has 0 aliphatic carbocycles. The number of carbonyl (C=O) groups is 3. The maximum Gasteiger partial charge on any atom is 0.252 e. The summed E-state index contributed by atoms with van der Waals surface area (Å²) >= 11 is 0. The minimum atomic E-state index is -1.29. The third kappa shape index (κ3) is 7.36. The third-order valence-electron chi connectivity index (χ3n) is 5.94. The Bertz CT molecular complexity index is 1040. The standard InChI is InChI=1S/C27H34N2O7/c1-18(2)13-22(24(32)27(16-31)17-36-27)28-26(34)23(15-30)29-25(33)20-9-6-10-21(14-20)35-12-11-19-7-4-3-5-8-19/h3-10,14,18,22-23,30-31H,11-13,15-17H2,1-2H3,(H,28,34)(H,29,33)/t22-,23-,27-/m0/s1. The zero-order valence-electron chi connectivity index (χ0n) is 20.6. The highest BCUT2D eigenvalue weighted by Crippen LogP contribution is 2.30. The number of epoxide rings is 1. The number of benzene rings is 2. The Morgan fingerprint density at radius 3 is 2.36 bits per heavy atom. The van der Waals surface area contributed by atoms with Crippen molar-refractivity contribution in [3.8, 4) is 5.75 Å². The molecular weight excluding hydrogens is 464 g/mol. The van der Waals surface area contributed by atoms with Crippen LogP contribution in [0.1, 0.15) is 36.2 Å². The van der Waals surface area contributed by atoms with Crippen LogP contribution in [0.15, 0.2) is 54.6 Å². The Kier molecular flexibility index (Phi) is 9.58. The molecule has 0 unspecified atom stereocenters. The number of carbonyl (C=O) groups excluding carboxylic acids is 3. The van der Waals surface area contributed by atoms with Crippen LogP contribution in [-0.4, -0.2) is 71.9 Å². The third-order valence-corrected chi connectivity index (χ3v) is 5.94. The quantitative estimate of drug-likeness (QED) is 0.288. The van der Waals surface area contributed by atoms with Gasteiger partial charge in [0.05, 0.1) is 32.5 Å². The first-order chi connectivity index (χ1) is 17.3. The van der Waals surface area contributed by atoms with Crippen LogP contribution in [0.3, 0.4) is 0 Å². The lowest BCUT2D eigenvalue weighted by Gasteiger charge is -2.24. The van der Waals surface area contributed by atoms with Gasteiger partial charge in [-0.2, -0.15) is 0 Å². The van der Waals surface area contributed by atoms with Crippen molar-refractivity contribution in [1.82, 2.24) is 10.6 Å². The van der Waals surface area contributed by atoms with Crippen molar-refractivity contribution in [3.63, 3.8) is 0 Å². The van der Waals surface area contributed by atoms with Gasteiger partial charge in [0.25, 0.3) is 5.91 Å². The number of amides is 2. The van der Waals surface area contributed by atoms with Crippen LogP contribution in [0.25, 0.3) is 0 Å². The summed E-state index contributed by atoms with van der Waals surface area (Å²) in [6.45, 7) is 3.19. The van der Waals surface area contributed by atoms with Crippen LogP contribution in [0, 0.1) is 5.92 Å². The SMILES string of the molecule is CC(C)C[C@H](NC(=O)[C@H](CO)NC(=O)c1cccc(OCCc2ccccc2)c1)C(=O)[C@]1(CO)CO1. The molecule has 1 heterocycles. The molecular formula is C27H34N2O7. The van der Waals surface area contributed by atoms with E-state index in [0.717, 1.165) is 5.56 Å². The van der Waals surface area contributed by atoms with Crippen molar-refractivity contribution >= 4 is 17.6 Å². The fourth-order valence-electron chi connectivity index (χ4n) is 3.79. The van der Waals surface area contributed by atoms with Gasteiger partial charge in [0, 0.05) is 12.0 Å². The summed E-state index contributed by atoms with van der Waals surface area (Å²) < 4.78 is 10.9. The van der Waals surface area contributed by atoms with E-state index in [2.05, 4.69) is 10.6 Å². The molecule has 1 saturated heterocycles. The molecule has 9 heteroatoms. The lowest BCUT2D eigenvalue weighted by Crippen LogP contribution is -2.55. The monoisotopic (exact) mass is 498 g/mol. The van der Waals surface area contributed by atoms with Gasteiger partial charge in [-0.15, -0.1) is 0 Å². The molecule has 1 aliphatic rings. The zero-order valence-corrected chi connectivity index (χ0v) is 20.6. The van der Waals surface area contributed by atoms with Gasteiger partial charge in [0.15, 0.2) is 11.4 Å². The summed E-state index contributed by atoms with van der Waals surface area (Å²) in [7, 11) is 0. The maximum absolute atomic E-state index is 12.9. The molecule has 2 aromatic carbocycles. The van der Waals surface area contributed by atoms with Crippen molar-refractivity contribution in [3.05, 3.63) is 65.7 Å². The number of aliphatic hydroxyl groups excluding tert-OH is 2. The van der Waals surface area contributed by atoms with Gasteiger partial charge in [0.2, 0.25) is 5.91 Å². The molecule has 0 spiro atoms. The largest absolute Gasteiger partial charge is 0.493 e. The predicted molar refractivity (Wildman–Crippen MR) is 133 cm³/mol. The number of hydrogen-bond donors (Lipinski definition) is 4. The van der Waals surface area contributed by atoms with Crippen LogP contribution in [0.2, 0.25) is 0 Å². The fraction of sp³-hybridized carbons (Fsp3) is 0.444. The van der Waals surface area contributed by atoms with Gasteiger partial charge in [0.1, 0.15) is 11.8 Å². The molecule has 194 valence electrons.